The Morgan fingerprint density at radius 2 is 1.89 bits per heavy atom. The van der Waals surface area contributed by atoms with Crippen LogP contribution in [0.4, 0.5) is 0 Å². The van der Waals surface area contributed by atoms with Gasteiger partial charge in [0.15, 0.2) is 0 Å². The number of carbonyl (C=O) groups excluding carboxylic acids is 1. The van der Waals surface area contributed by atoms with Crippen molar-refractivity contribution in [3.05, 3.63) is 0 Å². The summed E-state index contributed by atoms with van der Waals surface area (Å²) in [5.41, 5.74) is 0. The first-order chi connectivity index (χ1) is 9.29. The van der Waals surface area contributed by atoms with Crippen LogP contribution in [-0.4, -0.2) is 47.2 Å². The molecule has 3 rings (SSSR count). The molecule has 3 atom stereocenters. The van der Waals surface area contributed by atoms with Crippen LogP contribution in [0, 0.1) is 5.92 Å². The van der Waals surface area contributed by atoms with Crippen LogP contribution in [-0.2, 0) is 4.79 Å². The van der Waals surface area contributed by atoms with Crippen LogP contribution >= 0.6 is 0 Å². The molecule has 0 aromatic rings. The molecule has 0 aromatic carbocycles. The molecule has 108 valence electrons. The quantitative estimate of drug-likeness (QED) is 0.806. The number of hydrogen-bond acceptors (Lipinski definition) is 3. The lowest BCUT2D eigenvalue weighted by molar-refractivity contribution is -0.141. The van der Waals surface area contributed by atoms with Crippen molar-refractivity contribution >= 4 is 5.91 Å². The van der Waals surface area contributed by atoms with Crippen molar-refractivity contribution < 1.29 is 9.90 Å². The molecule has 1 amide bonds. The molecule has 1 aliphatic heterocycles. The third-order valence-electron chi connectivity index (χ3n) is 4.99. The number of nitrogens with zero attached hydrogens (tertiary/aromatic N) is 1. The first-order valence-corrected chi connectivity index (χ1v) is 7.97. The van der Waals surface area contributed by atoms with Gasteiger partial charge in [-0.05, 0) is 38.5 Å². The van der Waals surface area contributed by atoms with Gasteiger partial charge in [0.25, 0.3) is 0 Å². The van der Waals surface area contributed by atoms with Crippen molar-refractivity contribution in [2.24, 2.45) is 5.92 Å². The van der Waals surface area contributed by atoms with Gasteiger partial charge < -0.3 is 15.3 Å². The Morgan fingerprint density at radius 3 is 2.63 bits per heavy atom. The largest absolute Gasteiger partial charge is 0.396 e. The van der Waals surface area contributed by atoms with Crippen LogP contribution in [0.3, 0.4) is 0 Å². The number of piperidine rings is 1. The number of carbonyl (C=O) groups is 1. The summed E-state index contributed by atoms with van der Waals surface area (Å²) in [5, 5.41) is 13.0. The maximum absolute atomic E-state index is 12.6. The van der Waals surface area contributed by atoms with E-state index in [2.05, 4.69) is 10.2 Å². The predicted molar refractivity (Wildman–Crippen MR) is 73.7 cm³/mol. The van der Waals surface area contributed by atoms with E-state index in [1.165, 1.54) is 25.7 Å². The van der Waals surface area contributed by atoms with Crippen molar-refractivity contribution in [3.63, 3.8) is 0 Å². The Balaban J connectivity index is 1.65. The fourth-order valence-electron chi connectivity index (χ4n) is 3.73. The molecule has 0 aromatic heterocycles. The van der Waals surface area contributed by atoms with E-state index in [1.54, 1.807) is 0 Å². The molecule has 1 saturated heterocycles. The fraction of sp³-hybridized carbons (Fsp3) is 0.933. The van der Waals surface area contributed by atoms with E-state index in [0.717, 1.165) is 32.2 Å². The minimum absolute atomic E-state index is 0.0440. The van der Waals surface area contributed by atoms with E-state index in [1.807, 2.05) is 0 Å². The van der Waals surface area contributed by atoms with Crippen molar-refractivity contribution in [3.8, 4) is 0 Å². The molecule has 0 radical (unpaired) electrons. The van der Waals surface area contributed by atoms with Crippen LogP contribution in [0.25, 0.3) is 0 Å². The Bertz CT molecular complexity index is 330. The summed E-state index contributed by atoms with van der Waals surface area (Å²) < 4.78 is 0. The molecule has 3 unspecified atom stereocenters. The normalized spacial score (nSPS) is 36.6. The van der Waals surface area contributed by atoms with E-state index in [0.29, 0.717) is 17.9 Å². The third kappa shape index (κ3) is 2.95. The minimum Gasteiger partial charge on any atom is -0.396 e. The third-order valence-corrected chi connectivity index (χ3v) is 4.99. The molecule has 2 aliphatic carbocycles. The molecular formula is C15H26N2O2. The molecule has 2 N–H and O–H groups in total. The highest BCUT2D eigenvalue weighted by atomic mass is 16.3. The van der Waals surface area contributed by atoms with Gasteiger partial charge in [0.05, 0.1) is 6.04 Å². The predicted octanol–water partition coefficient (Wildman–Crippen LogP) is 1.28. The van der Waals surface area contributed by atoms with Crippen LogP contribution in [0.2, 0.25) is 0 Å². The van der Waals surface area contributed by atoms with Gasteiger partial charge in [-0.2, -0.15) is 0 Å². The number of nitrogens with one attached hydrogen (secondary N) is 1. The summed E-state index contributed by atoms with van der Waals surface area (Å²) in [6, 6.07) is 0.923. The van der Waals surface area contributed by atoms with E-state index in [4.69, 9.17) is 0 Å². The summed E-state index contributed by atoms with van der Waals surface area (Å²) in [6.07, 6.45) is 9.10. The topological polar surface area (TPSA) is 52.6 Å². The van der Waals surface area contributed by atoms with Crippen molar-refractivity contribution in [2.45, 2.75) is 69.5 Å². The van der Waals surface area contributed by atoms with E-state index >= 15 is 0 Å². The highest BCUT2D eigenvalue weighted by Gasteiger charge is 2.39. The van der Waals surface area contributed by atoms with Crippen LogP contribution in [0.15, 0.2) is 0 Å². The lowest BCUT2D eigenvalue weighted by atomic mass is 9.83. The molecule has 4 nitrogen and oxygen atoms in total. The van der Waals surface area contributed by atoms with Gasteiger partial charge in [0.2, 0.25) is 5.91 Å². The number of aliphatic hydroxyl groups is 1. The first kappa shape index (κ1) is 13.4. The number of aliphatic hydroxyl groups excluding tert-OH is 1. The zero-order chi connectivity index (χ0) is 13.2. The van der Waals surface area contributed by atoms with Gasteiger partial charge in [-0.15, -0.1) is 0 Å². The van der Waals surface area contributed by atoms with Crippen LogP contribution < -0.4 is 5.32 Å². The smallest absolute Gasteiger partial charge is 0.239 e. The lowest BCUT2D eigenvalue weighted by Crippen LogP contribution is -2.57. The summed E-state index contributed by atoms with van der Waals surface area (Å²) in [4.78, 5) is 14.7. The molecule has 1 heterocycles. The summed E-state index contributed by atoms with van der Waals surface area (Å²) in [7, 11) is 0. The van der Waals surface area contributed by atoms with E-state index < -0.39 is 0 Å². The van der Waals surface area contributed by atoms with Gasteiger partial charge >= 0.3 is 0 Å². The second-order valence-corrected chi connectivity index (χ2v) is 6.46. The van der Waals surface area contributed by atoms with Gasteiger partial charge in [0.1, 0.15) is 0 Å². The Kier molecular flexibility index (Phi) is 4.08. The number of hydrogen-bond donors (Lipinski definition) is 2. The van der Waals surface area contributed by atoms with Gasteiger partial charge in [-0.3, -0.25) is 4.79 Å². The Labute approximate surface area is 115 Å². The summed E-state index contributed by atoms with van der Waals surface area (Å²) in [5.74, 6) is 0.598. The summed E-state index contributed by atoms with van der Waals surface area (Å²) >= 11 is 0. The van der Waals surface area contributed by atoms with Crippen molar-refractivity contribution in [1.82, 2.24) is 10.2 Å². The molecule has 0 bridgehead atoms. The average Bonchev–Trinajstić information content (AvgIpc) is 3.25. The standard InChI is InChI=1S/C15H26N2O2/c18-10-11-4-1-2-6-14(11)17-9-3-5-13(15(17)19)16-12-7-8-12/h11-14,16,18H,1-10H2. The van der Waals surface area contributed by atoms with Crippen LogP contribution in [0.5, 0.6) is 0 Å². The first-order valence-electron chi connectivity index (χ1n) is 7.97. The second kappa shape index (κ2) is 5.80. The maximum Gasteiger partial charge on any atom is 0.239 e. The highest BCUT2D eigenvalue weighted by molar-refractivity contribution is 5.83. The zero-order valence-corrected chi connectivity index (χ0v) is 11.7. The monoisotopic (exact) mass is 266 g/mol. The molecule has 0 spiro atoms. The molecule has 3 fully saturated rings. The molecular weight excluding hydrogens is 240 g/mol. The van der Waals surface area contributed by atoms with Crippen molar-refractivity contribution in [2.75, 3.05) is 13.2 Å². The average molecular weight is 266 g/mol. The minimum atomic E-state index is 0.0440. The van der Waals surface area contributed by atoms with Crippen LogP contribution in [0.1, 0.15) is 51.4 Å². The second-order valence-electron chi connectivity index (χ2n) is 6.46. The maximum atomic E-state index is 12.6. The molecule has 19 heavy (non-hydrogen) atoms. The number of amides is 1. The van der Waals surface area contributed by atoms with E-state index in [9.17, 15) is 9.90 Å². The molecule has 3 aliphatic rings. The van der Waals surface area contributed by atoms with Crippen molar-refractivity contribution in [1.29, 1.82) is 0 Å². The Hall–Kier alpha value is -0.610. The number of likely N-dealkylation sites (tertiary alicyclic amines) is 1. The molecule has 4 heteroatoms. The van der Waals surface area contributed by atoms with Gasteiger partial charge in [-0.25, -0.2) is 0 Å². The zero-order valence-electron chi connectivity index (χ0n) is 11.7. The van der Waals surface area contributed by atoms with Gasteiger partial charge in [-0.1, -0.05) is 12.8 Å². The highest BCUT2D eigenvalue weighted by Crippen LogP contribution is 2.31. The lowest BCUT2D eigenvalue weighted by Gasteiger charge is -2.43. The SMILES string of the molecule is O=C1C(NC2CC2)CCCN1C1CCCCC1CO. The Morgan fingerprint density at radius 1 is 1.11 bits per heavy atom. The molecule has 2 saturated carbocycles. The summed E-state index contributed by atoms with van der Waals surface area (Å²) in [6.45, 7) is 1.12. The number of rotatable bonds is 4. The van der Waals surface area contributed by atoms with E-state index in [-0.39, 0.29) is 18.7 Å². The van der Waals surface area contributed by atoms with Gasteiger partial charge in [0, 0.05) is 31.2 Å². The fourth-order valence-corrected chi connectivity index (χ4v) is 3.73.